The molecule has 2 aliphatic heterocycles. The highest BCUT2D eigenvalue weighted by molar-refractivity contribution is 6.35. The maximum absolute atomic E-state index is 12.9. The minimum atomic E-state index is -1.33. The first-order valence-corrected chi connectivity index (χ1v) is 9.35. The van der Waals surface area contributed by atoms with Crippen LogP contribution in [0.2, 0.25) is 10.0 Å². The van der Waals surface area contributed by atoms with Crippen LogP contribution in [-0.4, -0.2) is 47.3 Å². The van der Waals surface area contributed by atoms with Gasteiger partial charge in [0.2, 0.25) is 5.91 Å². The molecule has 2 fully saturated rings. The van der Waals surface area contributed by atoms with Gasteiger partial charge in [0.05, 0.1) is 0 Å². The van der Waals surface area contributed by atoms with E-state index in [9.17, 15) is 14.4 Å². The zero-order chi connectivity index (χ0) is 19.1. The molecule has 6 nitrogen and oxygen atoms in total. The highest BCUT2D eigenvalue weighted by atomic mass is 35.5. The minimum Gasteiger partial charge on any atom is -0.341 e. The third-order valence-corrected chi connectivity index (χ3v) is 5.60. The summed E-state index contributed by atoms with van der Waals surface area (Å²) in [5, 5.41) is 3.38. The number of nitrogens with one attached hydrogen (secondary N) is 1. The lowest BCUT2D eigenvalue weighted by molar-refractivity contribution is -0.139. The van der Waals surface area contributed by atoms with Gasteiger partial charge in [0.1, 0.15) is 12.1 Å². The van der Waals surface area contributed by atoms with Crippen molar-refractivity contribution in [1.29, 1.82) is 0 Å². The third kappa shape index (κ3) is 3.40. The van der Waals surface area contributed by atoms with Crippen molar-refractivity contribution in [2.24, 2.45) is 5.92 Å². The topological polar surface area (TPSA) is 69.7 Å². The summed E-state index contributed by atoms with van der Waals surface area (Å²) in [4.78, 5) is 40.6. The maximum Gasteiger partial charge on any atom is 0.325 e. The Balaban J connectivity index is 1.79. The van der Waals surface area contributed by atoms with Crippen LogP contribution in [-0.2, 0) is 15.1 Å². The number of rotatable bonds is 3. The molecular formula is C18H21Cl2N3O3. The van der Waals surface area contributed by atoms with Crippen LogP contribution in [0.15, 0.2) is 18.2 Å². The number of likely N-dealkylation sites (tertiary alicyclic amines) is 1. The number of amides is 4. The second-order valence-corrected chi connectivity index (χ2v) is 8.00. The lowest BCUT2D eigenvalue weighted by Gasteiger charge is -2.32. The molecule has 0 aromatic heterocycles. The third-order valence-electron chi connectivity index (χ3n) is 5.05. The van der Waals surface area contributed by atoms with E-state index in [-0.39, 0.29) is 17.5 Å². The van der Waals surface area contributed by atoms with Crippen LogP contribution in [0.25, 0.3) is 0 Å². The molecule has 0 radical (unpaired) electrons. The van der Waals surface area contributed by atoms with Crippen LogP contribution >= 0.6 is 23.2 Å². The zero-order valence-electron chi connectivity index (χ0n) is 14.7. The van der Waals surface area contributed by atoms with E-state index in [0.29, 0.717) is 29.6 Å². The molecule has 2 atom stereocenters. The Kier molecular flexibility index (Phi) is 5.17. The average Bonchev–Trinajstić information content (AvgIpc) is 2.78. The Bertz CT molecular complexity index is 770. The second-order valence-electron chi connectivity index (χ2n) is 7.16. The van der Waals surface area contributed by atoms with E-state index >= 15 is 0 Å². The summed E-state index contributed by atoms with van der Waals surface area (Å²) in [5.41, 5.74) is -0.878. The summed E-state index contributed by atoms with van der Waals surface area (Å²) in [6.45, 7) is 4.72. The number of urea groups is 1. The Morgan fingerprint density at radius 2 is 2.08 bits per heavy atom. The van der Waals surface area contributed by atoms with Gasteiger partial charge in [0.15, 0.2) is 0 Å². The Morgan fingerprint density at radius 3 is 2.73 bits per heavy atom. The molecule has 0 saturated carbocycles. The standard InChI is InChI=1S/C18H21Cl2N3O3/c1-11-4-3-7-22(9-11)15(24)10-23-16(25)18(2,21-17(23)26)13-6-5-12(19)8-14(13)20/h5-6,8,11H,3-4,7,9-10H2,1-2H3,(H,21,26)/t11-,18-/m1/s1. The number of carbonyl (C=O) groups excluding carboxylic acids is 3. The van der Waals surface area contributed by atoms with E-state index in [2.05, 4.69) is 12.2 Å². The lowest BCUT2D eigenvalue weighted by Crippen LogP contribution is -2.47. The second kappa shape index (κ2) is 7.08. The van der Waals surface area contributed by atoms with Crippen molar-refractivity contribution in [3.63, 3.8) is 0 Å². The molecule has 140 valence electrons. The van der Waals surface area contributed by atoms with Gasteiger partial charge in [-0.3, -0.25) is 14.5 Å². The van der Waals surface area contributed by atoms with E-state index in [1.807, 2.05) is 0 Å². The van der Waals surface area contributed by atoms with E-state index in [0.717, 1.165) is 17.7 Å². The number of benzene rings is 1. The molecular weight excluding hydrogens is 377 g/mol. The summed E-state index contributed by atoms with van der Waals surface area (Å²) in [6.07, 6.45) is 2.02. The van der Waals surface area contributed by atoms with Crippen LogP contribution in [0.3, 0.4) is 0 Å². The summed E-state index contributed by atoms with van der Waals surface area (Å²) < 4.78 is 0. The number of halogens is 2. The lowest BCUT2D eigenvalue weighted by atomic mass is 9.92. The van der Waals surface area contributed by atoms with Gasteiger partial charge in [-0.2, -0.15) is 0 Å². The first-order valence-electron chi connectivity index (χ1n) is 8.60. The molecule has 3 rings (SSSR count). The van der Waals surface area contributed by atoms with Crippen molar-refractivity contribution in [2.45, 2.75) is 32.2 Å². The van der Waals surface area contributed by atoms with Crippen molar-refractivity contribution < 1.29 is 14.4 Å². The Hall–Kier alpha value is -1.79. The van der Waals surface area contributed by atoms with Gasteiger partial charge in [-0.15, -0.1) is 0 Å². The predicted octanol–water partition coefficient (Wildman–Crippen LogP) is 3.02. The highest BCUT2D eigenvalue weighted by Crippen LogP contribution is 2.35. The normalized spacial score (nSPS) is 26.2. The molecule has 2 heterocycles. The van der Waals surface area contributed by atoms with Gasteiger partial charge in [0, 0.05) is 28.7 Å². The molecule has 0 unspecified atom stereocenters. The number of hydrogen-bond acceptors (Lipinski definition) is 3. The van der Waals surface area contributed by atoms with E-state index in [1.54, 1.807) is 24.0 Å². The average molecular weight is 398 g/mol. The molecule has 26 heavy (non-hydrogen) atoms. The van der Waals surface area contributed by atoms with Crippen LogP contribution in [0.4, 0.5) is 4.79 Å². The molecule has 8 heteroatoms. The van der Waals surface area contributed by atoms with Gasteiger partial charge in [0.25, 0.3) is 5.91 Å². The number of nitrogens with zero attached hydrogens (tertiary/aromatic N) is 2. The monoisotopic (exact) mass is 397 g/mol. The molecule has 0 aliphatic carbocycles. The molecule has 1 N–H and O–H groups in total. The molecule has 1 aromatic rings. The van der Waals surface area contributed by atoms with Crippen molar-refractivity contribution in [3.05, 3.63) is 33.8 Å². The van der Waals surface area contributed by atoms with Gasteiger partial charge in [-0.25, -0.2) is 4.79 Å². The van der Waals surface area contributed by atoms with E-state index < -0.39 is 17.5 Å². The number of piperidine rings is 1. The fourth-order valence-corrected chi connectivity index (χ4v) is 4.17. The molecule has 0 bridgehead atoms. The molecule has 4 amide bonds. The van der Waals surface area contributed by atoms with Crippen LogP contribution < -0.4 is 5.32 Å². The molecule has 2 aliphatic rings. The predicted molar refractivity (Wildman–Crippen MR) is 99.0 cm³/mol. The minimum absolute atomic E-state index is 0.216. The zero-order valence-corrected chi connectivity index (χ0v) is 16.2. The fraction of sp³-hybridized carbons (Fsp3) is 0.500. The summed E-state index contributed by atoms with van der Waals surface area (Å²) in [6, 6.07) is 4.14. The summed E-state index contributed by atoms with van der Waals surface area (Å²) >= 11 is 12.1. The molecule has 1 aromatic carbocycles. The van der Waals surface area contributed by atoms with Crippen molar-refractivity contribution >= 4 is 41.0 Å². The SMILES string of the molecule is C[C@@H]1CCCN(C(=O)CN2C(=O)N[C@](C)(c3ccc(Cl)cc3Cl)C2=O)C1. The van der Waals surface area contributed by atoms with Gasteiger partial charge in [-0.1, -0.05) is 36.2 Å². The van der Waals surface area contributed by atoms with Crippen molar-refractivity contribution in [1.82, 2.24) is 15.1 Å². The van der Waals surface area contributed by atoms with Gasteiger partial charge in [-0.05, 0) is 37.8 Å². The van der Waals surface area contributed by atoms with Crippen molar-refractivity contribution in [2.75, 3.05) is 19.6 Å². The molecule has 0 spiro atoms. The van der Waals surface area contributed by atoms with E-state index in [4.69, 9.17) is 23.2 Å². The van der Waals surface area contributed by atoms with Gasteiger partial charge < -0.3 is 10.2 Å². The number of imide groups is 1. The first kappa shape index (κ1) is 19.0. The van der Waals surface area contributed by atoms with Crippen LogP contribution in [0, 0.1) is 5.92 Å². The van der Waals surface area contributed by atoms with Crippen molar-refractivity contribution in [3.8, 4) is 0 Å². The Morgan fingerprint density at radius 1 is 1.35 bits per heavy atom. The first-order chi connectivity index (χ1) is 12.2. The van der Waals surface area contributed by atoms with Gasteiger partial charge >= 0.3 is 6.03 Å². The van der Waals surface area contributed by atoms with Crippen LogP contribution in [0.1, 0.15) is 32.3 Å². The number of hydrogen-bond donors (Lipinski definition) is 1. The summed E-state index contributed by atoms with van der Waals surface area (Å²) in [7, 11) is 0. The number of carbonyl (C=O) groups is 3. The smallest absolute Gasteiger partial charge is 0.325 e. The van der Waals surface area contributed by atoms with E-state index in [1.165, 1.54) is 6.07 Å². The molecule has 2 saturated heterocycles. The largest absolute Gasteiger partial charge is 0.341 e. The van der Waals surface area contributed by atoms with Crippen LogP contribution in [0.5, 0.6) is 0 Å². The quantitative estimate of drug-likeness (QED) is 0.796. The maximum atomic E-state index is 12.9. The summed E-state index contributed by atoms with van der Waals surface area (Å²) in [5.74, 6) is -0.287. The highest BCUT2D eigenvalue weighted by Gasteiger charge is 2.50. The fourth-order valence-electron chi connectivity index (χ4n) is 3.57. The Labute approximate surface area is 162 Å².